The first-order chi connectivity index (χ1) is 15.3. The molecule has 0 radical (unpaired) electrons. The number of benzene rings is 2. The molecule has 32 heavy (non-hydrogen) atoms. The molecule has 0 aliphatic heterocycles. The maximum atomic E-state index is 10.5. The number of ether oxygens (including phenoxy) is 3. The van der Waals surface area contributed by atoms with E-state index in [-0.39, 0.29) is 6.04 Å². The van der Waals surface area contributed by atoms with Gasteiger partial charge in [-0.05, 0) is 56.0 Å². The molecule has 0 saturated heterocycles. The van der Waals surface area contributed by atoms with Gasteiger partial charge in [-0.1, -0.05) is 6.07 Å². The number of rotatable bonds is 9. The van der Waals surface area contributed by atoms with Crippen molar-refractivity contribution in [2.24, 2.45) is 0 Å². The van der Waals surface area contributed by atoms with Crippen molar-refractivity contribution in [2.75, 3.05) is 38.5 Å². The molecule has 0 unspecified atom stereocenters. The lowest BCUT2D eigenvalue weighted by Gasteiger charge is -2.20. The number of aromatic nitrogens is 2. The average Bonchev–Trinajstić information content (AvgIpc) is 3.52. The van der Waals surface area contributed by atoms with Gasteiger partial charge < -0.3 is 30.4 Å². The summed E-state index contributed by atoms with van der Waals surface area (Å²) in [4.78, 5) is 9.21. The van der Waals surface area contributed by atoms with Crippen LogP contribution in [0, 0.1) is 6.92 Å². The van der Waals surface area contributed by atoms with E-state index in [4.69, 9.17) is 19.9 Å². The number of hydrogen-bond acceptors (Lipinski definition) is 8. The highest BCUT2D eigenvalue weighted by Gasteiger charge is 2.42. The average molecular weight is 439 g/mol. The van der Waals surface area contributed by atoms with E-state index < -0.39 is 5.60 Å². The molecule has 4 N–H and O–H groups in total. The van der Waals surface area contributed by atoms with Crippen molar-refractivity contribution < 1.29 is 19.3 Å². The molecule has 1 saturated carbocycles. The Bertz CT molecular complexity index is 1130. The summed E-state index contributed by atoms with van der Waals surface area (Å²) in [5.41, 5.74) is 8.62. The van der Waals surface area contributed by atoms with Gasteiger partial charge in [0.15, 0.2) is 11.5 Å². The molecule has 3 aromatic rings. The molecule has 170 valence electrons. The van der Waals surface area contributed by atoms with Gasteiger partial charge in [-0.2, -0.15) is 0 Å². The molecule has 1 aliphatic rings. The molecule has 1 aromatic heterocycles. The molecular formula is C24H30N4O4. The Labute approximate surface area is 187 Å². The van der Waals surface area contributed by atoms with Crippen LogP contribution in [0.1, 0.15) is 42.8 Å². The minimum absolute atomic E-state index is 0.0999. The van der Waals surface area contributed by atoms with E-state index in [0.29, 0.717) is 42.0 Å². The largest absolute Gasteiger partial charge is 0.493 e. The van der Waals surface area contributed by atoms with Crippen LogP contribution >= 0.6 is 0 Å². The second-order valence-corrected chi connectivity index (χ2v) is 8.27. The van der Waals surface area contributed by atoms with E-state index in [0.717, 1.165) is 34.9 Å². The molecule has 1 atom stereocenters. The van der Waals surface area contributed by atoms with Gasteiger partial charge in [-0.25, -0.2) is 9.97 Å². The highest BCUT2D eigenvalue weighted by Crippen LogP contribution is 2.46. The first kappa shape index (κ1) is 22.1. The lowest BCUT2D eigenvalue weighted by atomic mass is 9.99. The van der Waals surface area contributed by atoms with E-state index in [9.17, 15) is 5.11 Å². The van der Waals surface area contributed by atoms with Crippen LogP contribution in [0.15, 0.2) is 30.3 Å². The standard InChI is InChI=1S/C24H30N4O4/c1-14(16-9-17(11-18(25)10-16)24(29)5-6-24)26-23-19-12-22(32-8-7-30-3)21(31-4)13-20(19)27-15(2)28-23/h9-14,29H,5-8,25H2,1-4H3,(H,26,27,28)/t14-/m1/s1. The number of aryl methyl sites for hydroxylation is 1. The molecule has 2 aromatic carbocycles. The number of methoxy groups -OCH3 is 2. The van der Waals surface area contributed by atoms with Gasteiger partial charge in [0.2, 0.25) is 0 Å². The number of aliphatic hydroxyl groups is 1. The number of nitrogens with zero attached hydrogens (tertiary/aromatic N) is 2. The van der Waals surface area contributed by atoms with E-state index >= 15 is 0 Å². The van der Waals surface area contributed by atoms with Gasteiger partial charge in [0.05, 0.1) is 30.9 Å². The van der Waals surface area contributed by atoms with Gasteiger partial charge in [0, 0.05) is 24.2 Å². The van der Waals surface area contributed by atoms with Crippen LogP contribution in [0.5, 0.6) is 11.5 Å². The monoisotopic (exact) mass is 438 g/mol. The minimum atomic E-state index is -0.743. The Balaban J connectivity index is 1.69. The summed E-state index contributed by atoms with van der Waals surface area (Å²) >= 11 is 0. The molecule has 4 rings (SSSR count). The zero-order chi connectivity index (χ0) is 22.9. The summed E-state index contributed by atoms with van der Waals surface area (Å²) in [7, 11) is 3.23. The fourth-order valence-corrected chi connectivity index (χ4v) is 3.76. The summed E-state index contributed by atoms with van der Waals surface area (Å²) in [6.07, 6.45) is 1.53. The van der Waals surface area contributed by atoms with Crippen molar-refractivity contribution in [2.45, 2.75) is 38.3 Å². The van der Waals surface area contributed by atoms with Crippen molar-refractivity contribution in [3.63, 3.8) is 0 Å². The van der Waals surface area contributed by atoms with Crippen LogP contribution in [-0.2, 0) is 10.3 Å². The minimum Gasteiger partial charge on any atom is -0.493 e. The highest BCUT2D eigenvalue weighted by molar-refractivity contribution is 5.92. The van der Waals surface area contributed by atoms with E-state index in [1.807, 2.05) is 44.2 Å². The molecule has 8 nitrogen and oxygen atoms in total. The zero-order valence-corrected chi connectivity index (χ0v) is 18.9. The maximum Gasteiger partial charge on any atom is 0.162 e. The van der Waals surface area contributed by atoms with Crippen LogP contribution < -0.4 is 20.5 Å². The third kappa shape index (κ3) is 4.56. The van der Waals surface area contributed by atoms with Crippen LogP contribution in [0.3, 0.4) is 0 Å². The third-order valence-corrected chi connectivity index (χ3v) is 5.73. The number of nitrogens with two attached hydrogens (primary N) is 1. The third-order valence-electron chi connectivity index (χ3n) is 5.73. The number of nitrogens with one attached hydrogen (secondary N) is 1. The van der Waals surface area contributed by atoms with Gasteiger partial charge in [-0.15, -0.1) is 0 Å². The predicted octanol–water partition coefficient (Wildman–Crippen LogP) is 3.71. The Hall–Kier alpha value is -3.10. The number of fused-ring (bicyclic) bond motifs is 1. The second-order valence-electron chi connectivity index (χ2n) is 8.27. The molecule has 0 amide bonds. The fraction of sp³-hybridized carbons (Fsp3) is 0.417. The summed E-state index contributed by atoms with van der Waals surface area (Å²) in [6.45, 7) is 4.77. The second kappa shape index (κ2) is 8.80. The summed E-state index contributed by atoms with van der Waals surface area (Å²) in [6, 6.07) is 9.42. The molecule has 0 spiro atoms. The first-order valence-electron chi connectivity index (χ1n) is 10.7. The molecule has 8 heteroatoms. The predicted molar refractivity (Wildman–Crippen MR) is 124 cm³/mol. The van der Waals surface area contributed by atoms with Crippen molar-refractivity contribution in [3.05, 3.63) is 47.3 Å². The normalized spacial score (nSPS) is 15.4. The summed E-state index contributed by atoms with van der Waals surface area (Å²) < 4.78 is 16.4. The van der Waals surface area contributed by atoms with Crippen LogP contribution in [0.4, 0.5) is 11.5 Å². The maximum absolute atomic E-state index is 10.5. The van der Waals surface area contributed by atoms with E-state index in [2.05, 4.69) is 15.3 Å². The molecular weight excluding hydrogens is 408 g/mol. The molecule has 1 heterocycles. The lowest BCUT2D eigenvalue weighted by molar-refractivity contribution is 0.144. The summed E-state index contributed by atoms with van der Waals surface area (Å²) in [5.74, 6) is 2.53. The summed E-state index contributed by atoms with van der Waals surface area (Å²) in [5, 5.41) is 14.8. The number of anilines is 2. The Morgan fingerprint density at radius 2 is 1.88 bits per heavy atom. The lowest BCUT2D eigenvalue weighted by Crippen LogP contribution is -2.12. The molecule has 0 bridgehead atoms. The first-order valence-corrected chi connectivity index (χ1v) is 10.7. The fourth-order valence-electron chi connectivity index (χ4n) is 3.76. The highest BCUT2D eigenvalue weighted by atomic mass is 16.5. The Kier molecular flexibility index (Phi) is 6.08. The molecule has 1 aliphatic carbocycles. The van der Waals surface area contributed by atoms with Crippen molar-refractivity contribution >= 4 is 22.4 Å². The van der Waals surface area contributed by atoms with E-state index in [1.54, 1.807) is 14.2 Å². The van der Waals surface area contributed by atoms with E-state index in [1.165, 1.54) is 0 Å². The van der Waals surface area contributed by atoms with Crippen LogP contribution in [-0.4, -0.2) is 42.5 Å². The Morgan fingerprint density at radius 3 is 2.56 bits per heavy atom. The quantitative estimate of drug-likeness (QED) is 0.342. The zero-order valence-electron chi connectivity index (χ0n) is 18.9. The Morgan fingerprint density at radius 1 is 1.09 bits per heavy atom. The topological polar surface area (TPSA) is 112 Å². The van der Waals surface area contributed by atoms with Crippen molar-refractivity contribution in [3.8, 4) is 11.5 Å². The number of nitrogen functional groups attached to an aromatic ring is 1. The van der Waals surface area contributed by atoms with Crippen molar-refractivity contribution in [1.82, 2.24) is 9.97 Å². The van der Waals surface area contributed by atoms with Gasteiger partial charge in [0.25, 0.3) is 0 Å². The van der Waals surface area contributed by atoms with Crippen LogP contribution in [0.25, 0.3) is 10.9 Å². The van der Waals surface area contributed by atoms with Gasteiger partial charge >= 0.3 is 0 Å². The SMILES string of the molecule is COCCOc1cc2c(N[C@H](C)c3cc(N)cc(C4(O)CC4)c3)nc(C)nc2cc1OC. The van der Waals surface area contributed by atoms with Gasteiger partial charge in [-0.3, -0.25) is 0 Å². The molecule has 1 fully saturated rings. The van der Waals surface area contributed by atoms with Gasteiger partial charge in [0.1, 0.15) is 18.2 Å². The van der Waals surface area contributed by atoms with Crippen LogP contribution in [0.2, 0.25) is 0 Å². The number of hydrogen-bond donors (Lipinski definition) is 3. The smallest absolute Gasteiger partial charge is 0.162 e. The van der Waals surface area contributed by atoms with Crippen molar-refractivity contribution in [1.29, 1.82) is 0 Å².